The summed E-state index contributed by atoms with van der Waals surface area (Å²) in [6.45, 7) is 3.77. The predicted octanol–water partition coefficient (Wildman–Crippen LogP) is 1.57. The normalized spacial score (nSPS) is 17.5. The van der Waals surface area contributed by atoms with Gasteiger partial charge in [-0.1, -0.05) is 12.1 Å². The van der Waals surface area contributed by atoms with Crippen molar-refractivity contribution in [2.24, 2.45) is 4.99 Å². The van der Waals surface area contributed by atoms with E-state index in [0.717, 1.165) is 47.8 Å². The van der Waals surface area contributed by atoms with E-state index in [1.165, 1.54) is 0 Å². The fourth-order valence-corrected chi connectivity index (χ4v) is 4.18. The molecule has 2 N–H and O–H groups in total. The highest BCUT2D eigenvalue weighted by atomic mass is 16.5. The Kier molecular flexibility index (Phi) is 6.68. The van der Waals surface area contributed by atoms with Crippen LogP contribution in [-0.2, 0) is 22.6 Å². The highest BCUT2D eigenvalue weighted by Gasteiger charge is 2.25. The van der Waals surface area contributed by atoms with Gasteiger partial charge in [-0.15, -0.1) is 0 Å². The third kappa shape index (κ3) is 5.47. The molecule has 0 spiro atoms. The van der Waals surface area contributed by atoms with Gasteiger partial charge in [-0.2, -0.15) is 5.10 Å². The first-order valence-corrected chi connectivity index (χ1v) is 11.7. The smallest absolute Gasteiger partial charge is 0.253 e. The molecule has 0 atom stereocenters. The van der Waals surface area contributed by atoms with Crippen molar-refractivity contribution in [3.8, 4) is 0 Å². The SMILES string of the molecule is CN(C)CCCn1cc(NN2C=NC3=CNN(Cc4cccc(N5CCOCC5=O)c4)C3=C2)cn1. The summed E-state index contributed by atoms with van der Waals surface area (Å²) in [4.78, 5) is 20.7. The Morgan fingerprint density at radius 1 is 1.29 bits per heavy atom. The van der Waals surface area contributed by atoms with Gasteiger partial charge in [0.2, 0.25) is 0 Å². The minimum atomic E-state index is -0.0104. The molecule has 0 aliphatic carbocycles. The number of aromatic nitrogens is 2. The third-order valence-corrected chi connectivity index (χ3v) is 5.93. The van der Waals surface area contributed by atoms with E-state index in [1.807, 2.05) is 51.6 Å². The molecule has 184 valence electrons. The average molecular weight is 478 g/mol. The summed E-state index contributed by atoms with van der Waals surface area (Å²) >= 11 is 0. The maximum absolute atomic E-state index is 12.2. The second-order valence-electron chi connectivity index (χ2n) is 8.94. The molecule has 0 radical (unpaired) electrons. The van der Waals surface area contributed by atoms with E-state index in [9.17, 15) is 4.79 Å². The molecular formula is C24H31N9O2. The molecule has 1 aromatic heterocycles. The zero-order valence-electron chi connectivity index (χ0n) is 20.1. The summed E-state index contributed by atoms with van der Waals surface area (Å²) in [6, 6.07) is 8.05. The molecule has 0 bridgehead atoms. The Bertz CT molecular complexity index is 1150. The summed E-state index contributed by atoms with van der Waals surface area (Å²) in [5, 5.41) is 8.30. The van der Waals surface area contributed by atoms with E-state index in [-0.39, 0.29) is 12.5 Å². The monoisotopic (exact) mass is 477 g/mol. The molecule has 1 fully saturated rings. The van der Waals surface area contributed by atoms with Crippen molar-refractivity contribution in [3.63, 3.8) is 0 Å². The Morgan fingerprint density at radius 3 is 3.06 bits per heavy atom. The van der Waals surface area contributed by atoms with Gasteiger partial charge in [-0.3, -0.25) is 19.9 Å². The largest absolute Gasteiger partial charge is 0.370 e. The number of nitrogens with zero attached hydrogens (tertiary/aromatic N) is 7. The molecule has 1 aromatic carbocycles. The molecule has 2 aromatic rings. The van der Waals surface area contributed by atoms with Crippen molar-refractivity contribution in [1.82, 2.24) is 30.1 Å². The van der Waals surface area contributed by atoms with E-state index < -0.39 is 0 Å². The number of hydrogen-bond donors (Lipinski definition) is 2. The number of carbonyl (C=O) groups is 1. The maximum atomic E-state index is 12.2. The quantitative estimate of drug-likeness (QED) is 0.562. The van der Waals surface area contributed by atoms with Gasteiger partial charge in [0.25, 0.3) is 5.91 Å². The van der Waals surface area contributed by atoms with Gasteiger partial charge in [0, 0.05) is 31.2 Å². The Balaban J connectivity index is 1.22. The van der Waals surface area contributed by atoms with Crippen molar-refractivity contribution < 1.29 is 9.53 Å². The fraction of sp³-hybridized carbons (Fsp3) is 0.375. The van der Waals surface area contributed by atoms with E-state index in [4.69, 9.17) is 4.74 Å². The molecule has 11 heteroatoms. The maximum Gasteiger partial charge on any atom is 0.253 e. The van der Waals surface area contributed by atoms with Crippen LogP contribution >= 0.6 is 0 Å². The van der Waals surface area contributed by atoms with Crippen LogP contribution in [0.3, 0.4) is 0 Å². The highest BCUT2D eigenvalue weighted by molar-refractivity contribution is 5.94. The van der Waals surface area contributed by atoms with Crippen LogP contribution < -0.4 is 15.8 Å². The molecule has 0 saturated carbocycles. The molecule has 1 amide bonds. The van der Waals surface area contributed by atoms with Crippen LogP contribution in [0.25, 0.3) is 0 Å². The zero-order valence-corrected chi connectivity index (χ0v) is 20.1. The molecule has 3 aliphatic heterocycles. The minimum absolute atomic E-state index is 0.0104. The molecular weight excluding hydrogens is 446 g/mol. The highest BCUT2D eigenvalue weighted by Crippen LogP contribution is 2.27. The van der Waals surface area contributed by atoms with Crippen LogP contribution in [0.5, 0.6) is 0 Å². The standard InChI is InChI=1S/C24H31N9O2/c1-29(2)7-4-8-30-15-20(12-26-30)28-31-16-23-22(25-18-31)13-27-33(23)14-19-5-3-6-21(11-19)32-9-10-35-17-24(32)34/h3,5-6,11-13,15-16,18,27-28H,4,7-10,14,17H2,1-2H3. The van der Waals surface area contributed by atoms with Crippen LogP contribution in [0.1, 0.15) is 12.0 Å². The number of benzene rings is 1. The van der Waals surface area contributed by atoms with Crippen molar-refractivity contribution in [2.75, 3.05) is 50.7 Å². The number of hydrogen-bond acceptors (Lipinski definition) is 9. The van der Waals surface area contributed by atoms with Crippen LogP contribution in [0.4, 0.5) is 11.4 Å². The summed E-state index contributed by atoms with van der Waals surface area (Å²) in [5.74, 6) is -0.0104. The molecule has 0 unspecified atom stereocenters. The minimum Gasteiger partial charge on any atom is -0.370 e. The number of nitrogens with one attached hydrogen (secondary N) is 2. The molecule has 1 saturated heterocycles. The molecule has 35 heavy (non-hydrogen) atoms. The van der Waals surface area contributed by atoms with Crippen LogP contribution in [0.15, 0.2) is 65.4 Å². The van der Waals surface area contributed by atoms with Crippen LogP contribution in [0.2, 0.25) is 0 Å². The number of amides is 1. The Hall–Kier alpha value is -3.83. The number of ether oxygens (including phenoxy) is 1. The number of anilines is 2. The molecule has 5 rings (SSSR count). The first-order valence-electron chi connectivity index (χ1n) is 11.7. The lowest BCUT2D eigenvalue weighted by molar-refractivity contribution is -0.125. The van der Waals surface area contributed by atoms with E-state index in [1.54, 1.807) is 11.2 Å². The van der Waals surface area contributed by atoms with Gasteiger partial charge in [-0.05, 0) is 44.8 Å². The summed E-state index contributed by atoms with van der Waals surface area (Å²) in [5.41, 5.74) is 11.3. The third-order valence-electron chi connectivity index (χ3n) is 5.93. The number of morpholine rings is 1. The van der Waals surface area contributed by atoms with Crippen molar-refractivity contribution >= 4 is 23.6 Å². The zero-order chi connectivity index (χ0) is 24.2. The summed E-state index contributed by atoms with van der Waals surface area (Å²) in [6.07, 6.45) is 10.5. The predicted molar refractivity (Wildman–Crippen MR) is 134 cm³/mol. The lowest BCUT2D eigenvalue weighted by Gasteiger charge is -2.28. The Labute approximate surface area is 204 Å². The van der Waals surface area contributed by atoms with Gasteiger partial charge >= 0.3 is 0 Å². The number of rotatable bonds is 9. The first kappa shape index (κ1) is 22.9. The van der Waals surface area contributed by atoms with Gasteiger partial charge < -0.3 is 20.0 Å². The fourth-order valence-electron chi connectivity index (χ4n) is 4.18. The first-order chi connectivity index (χ1) is 17.0. The van der Waals surface area contributed by atoms with E-state index >= 15 is 0 Å². The van der Waals surface area contributed by atoms with Crippen molar-refractivity contribution in [2.45, 2.75) is 19.5 Å². The van der Waals surface area contributed by atoms with Crippen LogP contribution in [-0.4, -0.2) is 77.3 Å². The molecule has 11 nitrogen and oxygen atoms in total. The topological polar surface area (TPSA) is 93.5 Å². The van der Waals surface area contributed by atoms with Crippen molar-refractivity contribution in [1.29, 1.82) is 0 Å². The van der Waals surface area contributed by atoms with E-state index in [2.05, 4.69) is 52.1 Å². The van der Waals surface area contributed by atoms with E-state index in [0.29, 0.717) is 19.7 Å². The average Bonchev–Trinajstić information content (AvgIpc) is 3.46. The number of aryl methyl sites for hydroxylation is 1. The summed E-state index contributed by atoms with van der Waals surface area (Å²) < 4.78 is 7.20. The molecule has 4 heterocycles. The van der Waals surface area contributed by atoms with Crippen molar-refractivity contribution in [3.05, 3.63) is 66.0 Å². The van der Waals surface area contributed by atoms with Gasteiger partial charge in [0.1, 0.15) is 24.3 Å². The summed E-state index contributed by atoms with van der Waals surface area (Å²) in [7, 11) is 4.15. The molecule has 3 aliphatic rings. The second kappa shape index (κ2) is 10.2. The van der Waals surface area contributed by atoms with Gasteiger partial charge in [0.05, 0.1) is 31.2 Å². The number of hydrazine groups is 2. The second-order valence-corrected chi connectivity index (χ2v) is 8.94. The van der Waals surface area contributed by atoms with Gasteiger partial charge in [-0.25, -0.2) is 10.0 Å². The number of carbonyl (C=O) groups excluding carboxylic acids is 1. The lowest BCUT2D eigenvalue weighted by atomic mass is 10.1. The number of aliphatic imine (C=N–C) groups is 1. The Morgan fingerprint density at radius 2 is 2.20 bits per heavy atom. The van der Waals surface area contributed by atoms with Crippen LogP contribution in [0, 0.1) is 0 Å². The van der Waals surface area contributed by atoms with Gasteiger partial charge in [0.15, 0.2) is 0 Å². The lowest BCUT2D eigenvalue weighted by Crippen LogP contribution is -2.41. The number of fused-ring (bicyclic) bond motifs is 1.